The highest BCUT2D eigenvalue weighted by Gasteiger charge is 2.28. The third kappa shape index (κ3) is 6.41. The zero-order chi connectivity index (χ0) is 24.2. The number of aromatic hydroxyl groups is 1. The number of benzene rings is 2. The fraction of sp³-hybridized carbons (Fsp3) is 0.429. The molecule has 1 aliphatic carbocycles. The zero-order valence-electron chi connectivity index (χ0n) is 19.9. The van der Waals surface area contributed by atoms with Gasteiger partial charge < -0.3 is 10.0 Å². The minimum atomic E-state index is -0.245. The lowest BCUT2D eigenvalue weighted by Gasteiger charge is -2.34. The predicted octanol–water partition coefficient (Wildman–Crippen LogP) is 5.07. The van der Waals surface area contributed by atoms with E-state index in [0.717, 1.165) is 87.6 Å². The standard InChI is InChI=1S/C28H32F2N4O/c29-23-9-5-20(6-10-23)26(21-7-11-24(30)12-8-21)2-1-13-33-14-16-34(17-15-33)19-25-18-27(35)32-28(31-25)22-3-4-22/h5-12,18,22,26H,1-4,13-17,19H2,(H,31,32,35). The van der Waals surface area contributed by atoms with E-state index in [1.165, 1.54) is 24.3 Å². The van der Waals surface area contributed by atoms with Crippen LogP contribution >= 0.6 is 0 Å². The van der Waals surface area contributed by atoms with Crippen LogP contribution in [-0.2, 0) is 6.54 Å². The van der Waals surface area contributed by atoms with Crippen LogP contribution in [0.15, 0.2) is 54.6 Å². The maximum absolute atomic E-state index is 13.5. The molecule has 1 N–H and O–H groups in total. The van der Waals surface area contributed by atoms with Crippen molar-refractivity contribution in [3.63, 3.8) is 0 Å². The highest BCUT2D eigenvalue weighted by molar-refractivity contribution is 5.32. The Labute approximate surface area is 205 Å². The Hall–Kier alpha value is -2.90. The molecule has 1 aliphatic heterocycles. The van der Waals surface area contributed by atoms with Crippen molar-refractivity contribution in [3.05, 3.63) is 88.9 Å². The Morgan fingerprint density at radius 1 is 0.829 bits per heavy atom. The van der Waals surface area contributed by atoms with Crippen molar-refractivity contribution in [3.8, 4) is 5.88 Å². The maximum Gasteiger partial charge on any atom is 0.214 e. The van der Waals surface area contributed by atoms with Crippen LogP contribution < -0.4 is 0 Å². The summed E-state index contributed by atoms with van der Waals surface area (Å²) in [7, 11) is 0. The van der Waals surface area contributed by atoms with Gasteiger partial charge in [-0.1, -0.05) is 24.3 Å². The molecule has 1 saturated heterocycles. The fourth-order valence-electron chi connectivity index (χ4n) is 4.94. The summed E-state index contributed by atoms with van der Waals surface area (Å²) in [6.07, 6.45) is 4.15. The summed E-state index contributed by atoms with van der Waals surface area (Å²) in [5.74, 6) is 0.911. The van der Waals surface area contributed by atoms with Crippen LogP contribution in [0.1, 0.15) is 60.2 Å². The largest absolute Gasteiger partial charge is 0.493 e. The summed E-state index contributed by atoms with van der Waals surface area (Å²) < 4.78 is 26.9. The van der Waals surface area contributed by atoms with Crippen LogP contribution in [0.4, 0.5) is 8.78 Å². The second-order valence-electron chi connectivity index (χ2n) is 9.77. The van der Waals surface area contributed by atoms with E-state index >= 15 is 0 Å². The molecule has 0 radical (unpaired) electrons. The van der Waals surface area contributed by atoms with Gasteiger partial charge in [-0.25, -0.2) is 13.8 Å². The Bertz CT molecular complexity index is 1070. The molecule has 5 rings (SSSR count). The Balaban J connectivity index is 1.13. The molecular weight excluding hydrogens is 446 g/mol. The predicted molar refractivity (Wildman–Crippen MR) is 131 cm³/mol. The summed E-state index contributed by atoms with van der Waals surface area (Å²) in [5, 5.41) is 9.96. The Kier molecular flexibility index (Phi) is 7.35. The molecule has 0 spiro atoms. The van der Waals surface area contributed by atoms with Gasteiger partial charge in [0.05, 0.1) is 5.69 Å². The first kappa shape index (κ1) is 23.8. The van der Waals surface area contributed by atoms with Crippen LogP contribution in [0.25, 0.3) is 0 Å². The average Bonchev–Trinajstić information content (AvgIpc) is 3.70. The summed E-state index contributed by atoms with van der Waals surface area (Å²) in [6, 6.07) is 15.0. The van der Waals surface area contributed by atoms with Gasteiger partial charge in [0.25, 0.3) is 0 Å². The van der Waals surface area contributed by atoms with E-state index in [9.17, 15) is 13.9 Å². The van der Waals surface area contributed by atoms with Gasteiger partial charge in [0.1, 0.15) is 17.5 Å². The fourth-order valence-corrected chi connectivity index (χ4v) is 4.94. The lowest BCUT2D eigenvalue weighted by Crippen LogP contribution is -2.46. The minimum Gasteiger partial charge on any atom is -0.493 e. The van der Waals surface area contributed by atoms with E-state index < -0.39 is 0 Å². The van der Waals surface area contributed by atoms with Gasteiger partial charge >= 0.3 is 0 Å². The summed E-state index contributed by atoms with van der Waals surface area (Å²) in [6.45, 7) is 5.63. The number of hydrogen-bond acceptors (Lipinski definition) is 5. The first-order valence-electron chi connectivity index (χ1n) is 12.6. The van der Waals surface area contributed by atoms with Gasteiger partial charge in [0.15, 0.2) is 0 Å². The van der Waals surface area contributed by atoms with E-state index in [2.05, 4.69) is 19.8 Å². The molecule has 1 saturated carbocycles. The molecular formula is C28H32F2N4O. The number of nitrogens with zero attached hydrogens (tertiary/aromatic N) is 4. The van der Waals surface area contributed by atoms with Crippen LogP contribution in [0.5, 0.6) is 5.88 Å². The normalized spacial score (nSPS) is 17.2. The van der Waals surface area contributed by atoms with Crippen molar-refractivity contribution in [1.29, 1.82) is 0 Å². The SMILES string of the molecule is Oc1cc(CN2CCN(CCCC(c3ccc(F)cc3)c3ccc(F)cc3)CC2)nc(C2CC2)n1. The van der Waals surface area contributed by atoms with Crippen molar-refractivity contribution >= 4 is 0 Å². The van der Waals surface area contributed by atoms with Gasteiger partial charge in [0.2, 0.25) is 5.88 Å². The monoisotopic (exact) mass is 478 g/mol. The molecule has 0 amide bonds. The Morgan fingerprint density at radius 2 is 1.40 bits per heavy atom. The lowest BCUT2D eigenvalue weighted by molar-refractivity contribution is 0.124. The molecule has 2 aromatic carbocycles. The summed E-state index contributed by atoms with van der Waals surface area (Å²) >= 11 is 0. The first-order valence-corrected chi connectivity index (χ1v) is 12.6. The number of halogens is 2. The van der Waals surface area contributed by atoms with E-state index in [-0.39, 0.29) is 23.4 Å². The molecule has 184 valence electrons. The van der Waals surface area contributed by atoms with Crippen LogP contribution in [0, 0.1) is 11.6 Å². The zero-order valence-corrected chi connectivity index (χ0v) is 19.9. The second-order valence-corrected chi connectivity index (χ2v) is 9.77. The van der Waals surface area contributed by atoms with Crippen molar-refractivity contribution in [2.24, 2.45) is 0 Å². The van der Waals surface area contributed by atoms with Crippen molar-refractivity contribution in [2.75, 3.05) is 32.7 Å². The molecule has 5 nitrogen and oxygen atoms in total. The summed E-state index contributed by atoms with van der Waals surface area (Å²) in [4.78, 5) is 13.7. The van der Waals surface area contributed by atoms with E-state index in [1.54, 1.807) is 6.07 Å². The minimum absolute atomic E-state index is 0.0763. The van der Waals surface area contributed by atoms with E-state index in [1.807, 2.05) is 24.3 Å². The Morgan fingerprint density at radius 3 is 1.97 bits per heavy atom. The van der Waals surface area contributed by atoms with Gasteiger partial charge in [-0.3, -0.25) is 4.90 Å². The van der Waals surface area contributed by atoms with E-state index in [0.29, 0.717) is 5.92 Å². The molecule has 3 aromatic rings. The average molecular weight is 479 g/mol. The number of rotatable bonds is 9. The van der Waals surface area contributed by atoms with Gasteiger partial charge in [-0.15, -0.1) is 0 Å². The third-order valence-electron chi connectivity index (χ3n) is 7.09. The molecule has 0 unspecified atom stereocenters. The second kappa shape index (κ2) is 10.8. The molecule has 2 aliphatic rings. The molecule has 0 atom stereocenters. The topological polar surface area (TPSA) is 52.5 Å². The molecule has 2 heterocycles. The van der Waals surface area contributed by atoms with Crippen molar-refractivity contribution in [1.82, 2.24) is 19.8 Å². The van der Waals surface area contributed by atoms with Crippen LogP contribution in [0.3, 0.4) is 0 Å². The highest BCUT2D eigenvalue weighted by Crippen LogP contribution is 2.38. The lowest BCUT2D eigenvalue weighted by atomic mass is 9.87. The molecule has 2 fully saturated rings. The number of hydrogen-bond donors (Lipinski definition) is 1. The maximum atomic E-state index is 13.5. The summed E-state index contributed by atoms with van der Waals surface area (Å²) in [5.41, 5.74) is 3.01. The number of piperazine rings is 1. The van der Waals surface area contributed by atoms with E-state index in [4.69, 9.17) is 0 Å². The number of aromatic nitrogens is 2. The molecule has 35 heavy (non-hydrogen) atoms. The van der Waals surface area contributed by atoms with Crippen LogP contribution in [0.2, 0.25) is 0 Å². The van der Waals surface area contributed by atoms with Crippen molar-refractivity contribution < 1.29 is 13.9 Å². The third-order valence-corrected chi connectivity index (χ3v) is 7.09. The highest BCUT2D eigenvalue weighted by atomic mass is 19.1. The van der Waals surface area contributed by atoms with Gasteiger partial charge in [-0.2, -0.15) is 4.98 Å². The molecule has 0 bridgehead atoms. The quantitative estimate of drug-likeness (QED) is 0.466. The molecule has 1 aromatic heterocycles. The molecule has 7 heteroatoms. The van der Waals surface area contributed by atoms with Gasteiger partial charge in [-0.05, 0) is 67.6 Å². The van der Waals surface area contributed by atoms with Crippen LogP contribution in [-0.4, -0.2) is 57.6 Å². The first-order chi connectivity index (χ1) is 17.0. The van der Waals surface area contributed by atoms with Crippen molar-refractivity contribution in [2.45, 2.75) is 44.1 Å². The smallest absolute Gasteiger partial charge is 0.214 e. The van der Waals surface area contributed by atoms with Gasteiger partial charge in [0, 0.05) is 50.6 Å².